The van der Waals surface area contributed by atoms with Crippen molar-refractivity contribution in [3.05, 3.63) is 0 Å². The molecule has 1 saturated heterocycles. The van der Waals surface area contributed by atoms with Gasteiger partial charge in [0.25, 0.3) is 0 Å². The van der Waals surface area contributed by atoms with Crippen LogP contribution in [0.2, 0.25) is 0 Å². The normalized spacial score (nSPS) is 58.1. The Morgan fingerprint density at radius 3 is 1.88 bits per heavy atom. The van der Waals surface area contributed by atoms with Gasteiger partial charge in [-0.2, -0.15) is 0 Å². The fraction of sp³-hybridized carbons (Fsp3) is 0.857. The first-order valence-electron chi connectivity index (χ1n) is 7.07. The number of imide groups is 1. The molecule has 6 fully saturated rings. The number of amides is 2. The Hall–Kier alpha value is -0.860. The molecule has 2 amide bonds. The second-order valence-electron chi connectivity index (χ2n) is 7.10. The number of carbonyl (C=O) groups excluding carboxylic acids is 2. The van der Waals surface area contributed by atoms with Gasteiger partial charge in [0.15, 0.2) is 0 Å². The summed E-state index contributed by atoms with van der Waals surface area (Å²) in [6.45, 7) is 0. The van der Waals surface area contributed by atoms with Gasteiger partial charge in [-0.1, -0.05) is 0 Å². The average molecular weight is 231 g/mol. The molecule has 3 heteroatoms. The van der Waals surface area contributed by atoms with Gasteiger partial charge < -0.3 is 0 Å². The fourth-order valence-corrected chi connectivity index (χ4v) is 5.58. The number of rotatable bonds is 1. The van der Waals surface area contributed by atoms with Crippen LogP contribution in [0.4, 0.5) is 0 Å². The summed E-state index contributed by atoms with van der Waals surface area (Å²) >= 11 is 0. The van der Waals surface area contributed by atoms with E-state index in [4.69, 9.17) is 0 Å². The summed E-state index contributed by atoms with van der Waals surface area (Å²) in [5, 5.41) is 0. The van der Waals surface area contributed by atoms with Gasteiger partial charge in [0.1, 0.15) is 0 Å². The maximum atomic E-state index is 12.6. The first kappa shape index (κ1) is 9.12. The second kappa shape index (κ2) is 2.45. The summed E-state index contributed by atoms with van der Waals surface area (Å²) in [5.41, 5.74) is 0.0165. The van der Waals surface area contributed by atoms with E-state index >= 15 is 0 Å². The van der Waals surface area contributed by atoms with Gasteiger partial charge in [-0.25, -0.2) is 0 Å². The monoisotopic (exact) mass is 231 g/mol. The van der Waals surface area contributed by atoms with Gasteiger partial charge in [-0.15, -0.1) is 0 Å². The van der Waals surface area contributed by atoms with Crippen LogP contribution in [0.25, 0.3) is 0 Å². The third-order valence-corrected chi connectivity index (χ3v) is 6.41. The van der Waals surface area contributed by atoms with E-state index in [1.165, 1.54) is 12.8 Å². The molecule has 2 unspecified atom stereocenters. The third-order valence-electron chi connectivity index (χ3n) is 6.41. The van der Waals surface area contributed by atoms with Crippen molar-refractivity contribution < 1.29 is 9.59 Å². The van der Waals surface area contributed by atoms with Crippen LogP contribution in [0.5, 0.6) is 0 Å². The van der Waals surface area contributed by atoms with Crippen LogP contribution in [0.3, 0.4) is 0 Å². The smallest absolute Gasteiger partial charge is 0.233 e. The van der Waals surface area contributed by atoms with Gasteiger partial charge in [0, 0.05) is 0 Å². The first-order chi connectivity index (χ1) is 8.20. The van der Waals surface area contributed by atoms with Gasteiger partial charge in [-0.3, -0.25) is 14.5 Å². The molecule has 1 heterocycles. The molecule has 6 aliphatic rings. The Morgan fingerprint density at radius 2 is 1.47 bits per heavy atom. The lowest BCUT2D eigenvalue weighted by molar-refractivity contribution is -0.177. The van der Waals surface area contributed by atoms with Crippen molar-refractivity contribution in [2.45, 2.75) is 44.1 Å². The Morgan fingerprint density at radius 1 is 0.941 bits per heavy atom. The molecule has 6 rings (SSSR count). The highest BCUT2D eigenvalue weighted by atomic mass is 16.2. The molecular formula is C14H17NO2. The standard InChI is InChI=1S/C14H17NO2/c16-12-10-8-1-2-9(3-8)11(10)13(17)15(12)14-4-7(5-14)6-14/h7-11H,1-6H2/t7?,8-,9+,10?,11?,14?. The molecule has 0 N–H and O–H groups in total. The number of hydrogen-bond donors (Lipinski definition) is 0. The van der Waals surface area contributed by atoms with Gasteiger partial charge >= 0.3 is 0 Å². The Labute approximate surface area is 101 Å². The summed E-state index contributed by atoms with van der Waals surface area (Å²) in [5.74, 6) is 2.52. The first-order valence-corrected chi connectivity index (χ1v) is 7.07. The lowest BCUT2D eigenvalue weighted by atomic mass is 9.49. The topological polar surface area (TPSA) is 37.4 Å². The predicted molar refractivity (Wildman–Crippen MR) is 59.7 cm³/mol. The van der Waals surface area contributed by atoms with E-state index in [2.05, 4.69) is 0 Å². The summed E-state index contributed by atoms with van der Waals surface area (Å²) in [4.78, 5) is 26.9. The molecule has 0 spiro atoms. The molecule has 90 valence electrons. The zero-order valence-corrected chi connectivity index (χ0v) is 9.89. The molecule has 0 radical (unpaired) electrons. The Bertz CT molecular complexity index is 412. The van der Waals surface area contributed by atoms with E-state index in [1.807, 2.05) is 0 Å². The molecule has 5 aliphatic carbocycles. The number of fused-ring (bicyclic) bond motifs is 5. The maximum Gasteiger partial charge on any atom is 0.233 e. The summed E-state index contributed by atoms with van der Waals surface area (Å²) in [6, 6.07) is 0. The summed E-state index contributed by atoms with van der Waals surface area (Å²) < 4.78 is 0. The Balaban J connectivity index is 1.56. The van der Waals surface area contributed by atoms with Crippen LogP contribution in [0, 0.1) is 29.6 Å². The molecule has 4 atom stereocenters. The largest absolute Gasteiger partial charge is 0.276 e. The van der Waals surface area contributed by atoms with Crippen LogP contribution >= 0.6 is 0 Å². The van der Waals surface area contributed by atoms with Crippen LogP contribution < -0.4 is 0 Å². The van der Waals surface area contributed by atoms with Crippen molar-refractivity contribution >= 4 is 11.8 Å². The molecule has 17 heavy (non-hydrogen) atoms. The summed E-state index contributed by atoms with van der Waals surface area (Å²) in [7, 11) is 0. The highest BCUT2D eigenvalue weighted by molar-refractivity contribution is 6.07. The number of carbonyl (C=O) groups is 2. The van der Waals surface area contributed by atoms with E-state index in [0.29, 0.717) is 11.8 Å². The minimum absolute atomic E-state index is 0.0165. The van der Waals surface area contributed by atoms with E-state index in [0.717, 1.165) is 31.6 Å². The van der Waals surface area contributed by atoms with Crippen molar-refractivity contribution in [3.63, 3.8) is 0 Å². The second-order valence-corrected chi connectivity index (χ2v) is 7.10. The maximum absolute atomic E-state index is 12.6. The van der Waals surface area contributed by atoms with E-state index in [1.54, 1.807) is 4.90 Å². The minimum atomic E-state index is 0.0165. The molecule has 3 nitrogen and oxygen atoms in total. The van der Waals surface area contributed by atoms with Gasteiger partial charge in [-0.05, 0) is 56.3 Å². The van der Waals surface area contributed by atoms with Crippen LogP contribution in [0.1, 0.15) is 38.5 Å². The number of hydrogen-bond acceptors (Lipinski definition) is 2. The molecular weight excluding hydrogens is 214 g/mol. The van der Waals surface area contributed by atoms with Gasteiger partial charge in [0.2, 0.25) is 11.8 Å². The van der Waals surface area contributed by atoms with E-state index in [9.17, 15) is 9.59 Å². The van der Waals surface area contributed by atoms with Crippen molar-refractivity contribution in [1.82, 2.24) is 4.90 Å². The minimum Gasteiger partial charge on any atom is -0.276 e. The average Bonchev–Trinajstić information content (AvgIpc) is 2.82. The highest BCUT2D eigenvalue weighted by Gasteiger charge is 2.70. The van der Waals surface area contributed by atoms with E-state index in [-0.39, 0.29) is 29.2 Å². The fourth-order valence-electron chi connectivity index (χ4n) is 5.58. The third kappa shape index (κ3) is 0.801. The highest BCUT2D eigenvalue weighted by Crippen LogP contribution is 2.65. The Kier molecular flexibility index (Phi) is 1.32. The van der Waals surface area contributed by atoms with Crippen molar-refractivity contribution in [3.8, 4) is 0 Å². The molecule has 1 aliphatic heterocycles. The zero-order chi connectivity index (χ0) is 11.4. The van der Waals surface area contributed by atoms with Crippen molar-refractivity contribution in [2.75, 3.05) is 0 Å². The lowest BCUT2D eigenvalue weighted by Crippen LogP contribution is -2.69. The van der Waals surface area contributed by atoms with Crippen LogP contribution in [-0.4, -0.2) is 22.3 Å². The SMILES string of the molecule is O=C1C2C(C(=O)N1C13CC(C1)C3)[C@H]1CC[C@@H]2C1. The summed E-state index contributed by atoms with van der Waals surface area (Å²) in [6.07, 6.45) is 6.86. The zero-order valence-electron chi connectivity index (χ0n) is 9.89. The van der Waals surface area contributed by atoms with Crippen LogP contribution in [0.15, 0.2) is 0 Å². The number of likely N-dealkylation sites (tertiary alicyclic amines) is 1. The predicted octanol–water partition coefficient (Wildman–Crippen LogP) is 1.57. The van der Waals surface area contributed by atoms with E-state index < -0.39 is 0 Å². The molecule has 5 saturated carbocycles. The molecule has 4 bridgehead atoms. The quantitative estimate of drug-likeness (QED) is 0.642. The number of nitrogens with zero attached hydrogens (tertiary/aromatic N) is 1. The lowest BCUT2D eigenvalue weighted by Gasteiger charge is -2.64. The molecule has 0 aromatic carbocycles. The van der Waals surface area contributed by atoms with Crippen molar-refractivity contribution in [2.24, 2.45) is 29.6 Å². The van der Waals surface area contributed by atoms with Gasteiger partial charge in [0.05, 0.1) is 17.4 Å². The van der Waals surface area contributed by atoms with Crippen LogP contribution in [-0.2, 0) is 9.59 Å². The molecule has 0 aromatic heterocycles. The molecule has 0 aromatic rings. The van der Waals surface area contributed by atoms with Crippen molar-refractivity contribution in [1.29, 1.82) is 0 Å².